The Balaban J connectivity index is 2.48. The van der Waals surface area contributed by atoms with E-state index in [1.54, 1.807) is 5.40 Å². The summed E-state index contributed by atoms with van der Waals surface area (Å²) in [6.07, 6.45) is 0. The molecule has 4 heteroatoms. The summed E-state index contributed by atoms with van der Waals surface area (Å²) in [6.45, 7) is 0. The van der Waals surface area contributed by atoms with Crippen molar-refractivity contribution >= 4 is 31.5 Å². The van der Waals surface area contributed by atoms with Crippen molar-refractivity contribution in [3.63, 3.8) is 0 Å². The molecule has 0 heterocycles. The number of thiocyanates is 1. The molecule has 0 radical (unpaired) electrons. The van der Waals surface area contributed by atoms with E-state index in [4.69, 9.17) is 15.9 Å². The Morgan fingerprint density at radius 1 is 1.80 bits per heavy atom. The first-order valence-corrected chi connectivity index (χ1v) is 3.72. The van der Waals surface area contributed by atoms with Crippen LogP contribution in [0.1, 0.15) is 0 Å². The molecular formula is CClNS2. The molecule has 0 spiro atoms. The lowest BCUT2D eigenvalue weighted by Crippen LogP contribution is -1.20. The minimum atomic E-state index is 0.929. The van der Waals surface area contributed by atoms with Gasteiger partial charge >= 0.3 is 0 Å². The van der Waals surface area contributed by atoms with Gasteiger partial charge in [0.2, 0.25) is 0 Å². The highest BCUT2D eigenvalue weighted by Crippen LogP contribution is 2.22. The first kappa shape index (κ1) is 5.48. The molecule has 0 bridgehead atoms. The van der Waals surface area contributed by atoms with Gasteiger partial charge in [-0.15, -0.1) is 0 Å². The maximum atomic E-state index is 7.67. The highest BCUT2D eigenvalue weighted by Gasteiger charge is 1.69. The number of rotatable bonds is 1. The van der Waals surface area contributed by atoms with Crippen LogP contribution >= 0.6 is 31.5 Å². The van der Waals surface area contributed by atoms with E-state index in [9.17, 15) is 0 Å². The van der Waals surface area contributed by atoms with Crippen LogP contribution in [0.4, 0.5) is 0 Å². The van der Waals surface area contributed by atoms with Crippen molar-refractivity contribution in [2.75, 3.05) is 0 Å². The fourth-order valence-corrected chi connectivity index (χ4v) is 0.380. The number of nitrogens with zero attached hydrogens (tertiary/aromatic N) is 1. The molecule has 0 unspecified atom stereocenters. The molecule has 0 saturated heterocycles. The Morgan fingerprint density at radius 3 is 2.40 bits per heavy atom. The topological polar surface area (TPSA) is 23.8 Å². The summed E-state index contributed by atoms with van der Waals surface area (Å²) in [5.74, 6) is 0. The molecule has 0 aromatic carbocycles. The first-order valence-electron chi connectivity index (χ1n) is 0.749. The van der Waals surface area contributed by atoms with E-state index in [1.165, 1.54) is 0 Å². The number of nitriles is 1. The van der Waals surface area contributed by atoms with E-state index >= 15 is 0 Å². The number of hydrogen-bond donors (Lipinski definition) is 0. The van der Waals surface area contributed by atoms with Gasteiger partial charge in [-0.3, -0.25) is 0 Å². The predicted octanol–water partition coefficient (Wildman–Crippen LogP) is 2.00. The zero-order valence-corrected chi connectivity index (χ0v) is 4.53. The lowest BCUT2D eigenvalue weighted by molar-refractivity contribution is 1.57. The fraction of sp³-hybridized carbons (Fsp3) is 0. The Morgan fingerprint density at radius 2 is 2.40 bits per heavy atom. The van der Waals surface area contributed by atoms with Gasteiger partial charge in [0.25, 0.3) is 0 Å². The third kappa shape index (κ3) is 4.48. The molecule has 1 nitrogen and oxygen atoms in total. The minimum absolute atomic E-state index is 0.929. The molecule has 0 amide bonds. The van der Waals surface area contributed by atoms with Gasteiger partial charge in [-0.1, -0.05) is 0 Å². The van der Waals surface area contributed by atoms with Crippen molar-refractivity contribution in [1.29, 1.82) is 5.26 Å². The second kappa shape index (κ2) is 4.48. The van der Waals surface area contributed by atoms with Crippen LogP contribution in [-0.4, -0.2) is 0 Å². The third-order valence-corrected chi connectivity index (χ3v) is 1.19. The van der Waals surface area contributed by atoms with Gasteiger partial charge in [0.1, 0.15) is 5.40 Å². The second-order valence-electron chi connectivity index (χ2n) is 0.238. The lowest BCUT2D eigenvalue weighted by atomic mass is 11.8. The number of halogens is 1. The van der Waals surface area contributed by atoms with Crippen molar-refractivity contribution in [2.24, 2.45) is 0 Å². The molecule has 0 rings (SSSR count). The maximum Gasteiger partial charge on any atom is 0.146 e. The van der Waals surface area contributed by atoms with Crippen LogP contribution in [-0.2, 0) is 0 Å². The predicted molar refractivity (Wildman–Crippen MR) is 26.6 cm³/mol. The fourth-order valence-electron chi connectivity index (χ4n) is 0.0141. The van der Waals surface area contributed by atoms with Crippen LogP contribution in [0.2, 0.25) is 0 Å². The van der Waals surface area contributed by atoms with Gasteiger partial charge in [-0.2, -0.15) is 5.26 Å². The smallest absolute Gasteiger partial charge is 0.146 e. The second-order valence-corrected chi connectivity index (χ2v) is 2.72. The van der Waals surface area contributed by atoms with Gasteiger partial charge in [0, 0.05) is 20.8 Å². The monoisotopic (exact) mass is 125 g/mol. The molecule has 5 heavy (non-hydrogen) atoms. The zero-order chi connectivity index (χ0) is 4.12. The molecule has 0 saturated carbocycles. The number of hydrogen-bond acceptors (Lipinski definition) is 3. The molecule has 0 aliphatic rings. The summed E-state index contributed by atoms with van der Waals surface area (Å²) in [6, 6.07) is 0. The third-order valence-electron chi connectivity index (χ3n) is 0.0688. The molecule has 0 aliphatic heterocycles. The largest absolute Gasteiger partial charge is 0.184 e. The average molecular weight is 126 g/mol. The molecular weight excluding hydrogens is 126 g/mol. The van der Waals surface area contributed by atoms with E-state index in [-0.39, 0.29) is 0 Å². The summed E-state index contributed by atoms with van der Waals surface area (Å²) in [5.41, 5.74) is 0. The maximum absolute atomic E-state index is 7.67. The van der Waals surface area contributed by atoms with Crippen LogP contribution in [0, 0.1) is 10.7 Å². The van der Waals surface area contributed by atoms with Crippen molar-refractivity contribution in [1.82, 2.24) is 0 Å². The van der Waals surface area contributed by atoms with Crippen LogP contribution < -0.4 is 0 Å². The van der Waals surface area contributed by atoms with Gasteiger partial charge in [0.15, 0.2) is 0 Å². The summed E-state index contributed by atoms with van der Waals surface area (Å²) in [5, 5.41) is 9.44. The molecule has 0 aromatic heterocycles. The van der Waals surface area contributed by atoms with Gasteiger partial charge < -0.3 is 0 Å². The summed E-state index contributed by atoms with van der Waals surface area (Å²) in [7, 11) is 6.84. The van der Waals surface area contributed by atoms with Crippen molar-refractivity contribution < 1.29 is 0 Å². The van der Waals surface area contributed by atoms with E-state index in [0.29, 0.717) is 0 Å². The van der Waals surface area contributed by atoms with E-state index < -0.39 is 0 Å². The average Bonchev–Trinajstić information content (AvgIpc) is 1.41. The molecule has 28 valence electrons. The van der Waals surface area contributed by atoms with E-state index in [1.807, 2.05) is 0 Å². The summed E-state index contributed by atoms with van der Waals surface area (Å²) < 4.78 is 0. The van der Waals surface area contributed by atoms with E-state index in [2.05, 4.69) is 0 Å². The Bertz CT molecular complexity index is 48.1. The summed E-state index contributed by atoms with van der Waals surface area (Å²) >= 11 is 0. The summed E-state index contributed by atoms with van der Waals surface area (Å²) in [4.78, 5) is 0. The van der Waals surface area contributed by atoms with Crippen LogP contribution in [0.3, 0.4) is 0 Å². The minimum Gasteiger partial charge on any atom is -0.184 e. The van der Waals surface area contributed by atoms with Crippen molar-refractivity contribution in [3.8, 4) is 5.40 Å². The Labute approximate surface area is 42.6 Å². The standard InChI is InChI=1S/CClNS2/c2-5-4-1-3. The SMILES string of the molecule is N#CSSCl. The van der Waals surface area contributed by atoms with E-state index in [0.717, 1.165) is 20.8 Å². The quantitative estimate of drug-likeness (QED) is 0.396. The Kier molecular flexibility index (Phi) is 4.91. The molecule has 0 aromatic rings. The van der Waals surface area contributed by atoms with Crippen LogP contribution in [0.5, 0.6) is 0 Å². The molecule has 0 atom stereocenters. The lowest BCUT2D eigenvalue weighted by Gasteiger charge is -1.61. The normalized spacial score (nSPS) is 6.40. The van der Waals surface area contributed by atoms with Crippen LogP contribution in [0.15, 0.2) is 0 Å². The first-order chi connectivity index (χ1) is 2.41. The molecule has 0 aliphatic carbocycles. The molecule has 0 N–H and O–H groups in total. The molecule has 0 fully saturated rings. The highest BCUT2D eigenvalue weighted by atomic mass is 35.7. The Hall–Kier alpha value is 0.480. The van der Waals surface area contributed by atoms with Crippen molar-refractivity contribution in [2.45, 2.75) is 0 Å². The van der Waals surface area contributed by atoms with Gasteiger partial charge in [-0.25, -0.2) is 0 Å². The zero-order valence-electron chi connectivity index (χ0n) is 2.14. The van der Waals surface area contributed by atoms with Gasteiger partial charge in [0.05, 0.1) is 0 Å². The van der Waals surface area contributed by atoms with Crippen LogP contribution in [0.25, 0.3) is 0 Å². The van der Waals surface area contributed by atoms with Gasteiger partial charge in [-0.05, 0) is 10.7 Å². The van der Waals surface area contributed by atoms with Crippen molar-refractivity contribution in [3.05, 3.63) is 0 Å². The highest BCUT2D eigenvalue weighted by molar-refractivity contribution is 8.86.